The SMILES string of the molecule is CCCCCOc1ccc(C(N)=CC(=O)c2ccc(C(=O)OC)cc2)cc1. The van der Waals surface area contributed by atoms with E-state index in [0.29, 0.717) is 23.4 Å². The molecule has 142 valence electrons. The standard InChI is InChI=1S/C22H25NO4/c1-3-4-5-14-27-19-12-10-16(11-13-19)20(23)15-21(24)17-6-8-18(9-7-17)22(25)26-2/h6-13,15H,3-5,14,23H2,1-2H3. The van der Waals surface area contributed by atoms with Gasteiger partial charge in [0.2, 0.25) is 0 Å². The van der Waals surface area contributed by atoms with Crippen LogP contribution in [0.5, 0.6) is 5.75 Å². The fourth-order valence-electron chi connectivity index (χ4n) is 2.48. The summed E-state index contributed by atoms with van der Waals surface area (Å²) >= 11 is 0. The molecule has 0 fully saturated rings. The zero-order chi connectivity index (χ0) is 19.6. The van der Waals surface area contributed by atoms with Crippen molar-refractivity contribution in [1.29, 1.82) is 0 Å². The van der Waals surface area contributed by atoms with Crippen LogP contribution in [0, 0.1) is 0 Å². The average Bonchev–Trinajstić information content (AvgIpc) is 2.71. The number of allylic oxidation sites excluding steroid dienone is 1. The molecule has 2 aromatic rings. The molecule has 0 spiro atoms. The molecular formula is C22H25NO4. The van der Waals surface area contributed by atoms with Crippen molar-refractivity contribution in [2.24, 2.45) is 5.73 Å². The maximum Gasteiger partial charge on any atom is 0.337 e. The number of nitrogens with two attached hydrogens (primary N) is 1. The van der Waals surface area contributed by atoms with Gasteiger partial charge in [-0.2, -0.15) is 0 Å². The third-order valence-corrected chi connectivity index (χ3v) is 4.08. The van der Waals surface area contributed by atoms with Gasteiger partial charge < -0.3 is 15.2 Å². The van der Waals surface area contributed by atoms with Crippen molar-refractivity contribution in [3.8, 4) is 5.75 Å². The quantitative estimate of drug-likeness (QED) is 0.311. The minimum absolute atomic E-state index is 0.233. The van der Waals surface area contributed by atoms with Crippen LogP contribution < -0.4 is 10.5 Å². The maximum absolute atomic E-state index is 12.4. The first-order valence-electron chi connectivity index (χ1n) is 8.98. The van der Waals surface area contributed by atoms with Crippen molar-refractivity contribution in [1.82, 2.24) is 0 Å². The highest BCUT2D eigenvalue weighted by Crippen LogP contribution is 2.17. The lowest BCUT2D eigenvalue weighted by molar-refractivity contribution is 0.0600. The van der Waals surface area contributed by atoms with E-state index < -0.39 is 5.97 Å². The van der Waals surface area contributed by atoms with Crippen LogP contribution in [-0.4, -0.2) is 25.5 Å². The van der Waals surface area contributed by atoms with Crippen molar-refractivity contribution in [3.05, 3.63) is 71.3 Å². The summed E-state index contributed by atoms with van der Waals surface area (Å²) in [5.41, 5.74) is 8.00. The molecule has 0 aromatic heterocycles. The molecule has 2 N–H and O–H groups in total. The van der Waals surface area contributed by atoms with Crippen molar-refractivity contribution in [3.63, 3.8) is 0 Å². The average molecular weight is 367 g/mol. The third-order valence-electron chi connectivity index (χ3n) is 4.08. The number of hydrogen-bond acceptors (Lipinski definition) is 5. The third kappa shape index (κ3) is 5.99. The van der Waals surface area contributed by atoms with Gasteiger partial charge in [0.15, 0.2) is 5.78 Å². The summed E-state index contributed by atoms with van der Waals surface area (Å²) in [6, 6.07) is 13.6. The van der Waals surface area contributed by atoms with Crippen molar-refractivity contribution < 1.29 is 19.1 Å². The Morgan fingerprint density at radius 3 is 2.11 bits per heavy atom. The molecule has 5 heteroatoms. The van der Waals surface area contributed by atoms with Crippen LogP contribution in [0.1, 0.15) is 52.5 Å². The highest BCUT2D eigenvalue weighted by atomic mass is 16.5. The van der Waals surface area contributed by atoms with E-state index in [-0.39, 0.29) is 5.78 Å². The highest BCUT2D eigenvalue weighted by Gasteiger charge is 2.08. The summed E-state index contributed by atoms with van der Waals surface area (Å²) in [6.45, 7) is 2.84. The lowest BCUT2D eigenvalue weighted by Gasteiger charge is -2.07. The first kappa shape index (κ1) is 20.2. The van der Waals surface area contributed by atoms with Crippen molar-refractivity contribution >= 4 is 17.4 Å². The number of rotatable bonds is 9. The lowest BCUT2D eigenvalue weighted by Crippen LogP contribution is -2.04. The lowest BCUT2D eigenvalue weighted by atomic mass is 10.1. The minimum atomic E-state index is -0.443. The second kappa shape index (κ2) is 10.2. The molecule has 0 saturated heterocycles. The molecular weight excluding hydrogens is 342 g/mol. The number of methoxy groups -OCH3 is 1. The van der Waals surface area contributed by atoms with Crippen LogP contribution in [0.4, 0.5) is 0 Å². The number of ketones is 1. The van der Waals surface area contributed by atoms with Crippen LogP contribution >= 0.6 is 0 Å². The van der Waals surface area contributed by atoms with E-state index in [4.69, 9.17) is 10.5 Å². The van der Waals surface area contributed by atoms with E-state index in [2.05, 4.69) is 11.7 Å². The molecule has 0 saturated carbocycles. The van der Waals surface area contributed by atoms with Crippen molar-refractivity contribution in [2.75, 3.05) is 13.7 Å². The topological polar surface area (TPSA) is 78.6 Å². The summed E-state index contributed by atoms with van der Waals surface area (Å²) in [5, 5.41) is 0. The summed E-state index contributed by atoms with van der Waals surface area (Å²) in [4.78, 5) is 23.8. The molecule has 5 nitrogen and oxygen atoms in total. The molecule has 27 heavy (non-hydrogen) atoms. The smallest absolute Gasteiger partial charge is 0.337 e. The summed E-state index contributed by atoms with van der Waals surface area (Å²) in [7, 11) is 1.31. The van der Waals surface area contributed by atoms with Crippen molar-refractivity contribution in [2.45, 2.75) is 26.2 Å². The van der Waals surface area contributed by atoms with E-state index in [1.165, 1.54) is 13.2 Å². The Hall–Kier alpha value is -3.08. The highest BCUT2D eigenvalue weighted by molar-refractivity contribution is 6.08. The van der Waals surface area contributed by atoms with E-state index in [1.54, 1.807) is 24.3 Å². The van der Waals surface area contributed by atoms with Gasteiger partial charge in [0.05, 0.1) is 19.3 Å². The first-order valence-corrected chi connectivity index (χ1v) is 8.98. The zero-order valence-electron chi connectivity index (χ0n) is 15.7. The second-order valence-corrected chi connectivity index (χ2v) is 6.11. The number of hydrogen-bond donors (Lipinski definition) is 1. The molecule has 0 atom stereocenters. The van der Waals surface area contributed by atoms with Gasteiger partial charge in [-0.1, -0.05) is 31.9 Å². The number of carbonyl (C=O) groups is 2. The van der Waals surface area contributed by atoms with Gasteiger partial charge in [0, 0.05) is 17.3 Å². The molecule has 2 aromatic carbocycles. The summed E-state index contributed by atoms with van der Waals surface area (Å²) < 4.78 is 10.3. The van der Waals surface area contributed by atoms with Gasteiger partial charge >= 0.3 is 5.97 Å². The Morgan fingerprint density at radius 2 is 1.52 bits per heavy atom. The Labute approximate surface area is 159 Å². The Bertz CT molecular complexity index is 792. The van der Waals surface area contributed by atoms with Crippen LogP contribution in [0.2, 0.25) is 0 Å². The first-order chi connectivity index (χ1) is 13.0. The molecule has 0 amide bonds. The maximum atomic E-state index is 12.4. The summed E-state index contributed by atoms with van der Waals surface area (Å²) in [6.07, 6.45) is 4.72. The van der Waals surface area contributed by atoms with Gasteiger partial charge in [0.1, 0.15) is 5.75 Å². The fraction of sp³-hybridized carbons (Fsp3) is 0.273. The predicted octanol–water partition coefficient (Wildman–Crippen LogP) is 4.22. The molecule has 0 heterocycles. The molecule has 2 rings (SSSR count). The minimum Gasteiger partial charge on any atom is -0.494 e. The Balaban J connectivity index is 2.01. The Morgan fingerprint density at radius 1 is 0.926 bits per heavy atom. The number of benzene rings is 2. The molecule has 0 aliphatic heterocycles. The molecule has 0 bridgehead atoms. The monoisotopic (exact) mass is 367 g/mol. The molecule has 0 radical (unpaired) electrons. The van der Waals surface area contributed by atoms with E-state index in [0.717, 1.165) is 30.6 Å². The van der Waals surface area contributed by atoms with Crippen LogP contribution in [0.15, 0.2) is 54.6 Å². The van der Waals surface area contributed by atoms with Gasteiger partial charge in [-0.25, -0.2) is 4.79 Å². The van der Waals surface area contributed by atoms with Crippen LogP contribution in [0.25, 0.3) is 5.70 Å². The van der Waals surface area contributed by atoms with E-state index in [1.807, 2.05) is 24.3 Å². The molecule has 0 unspecified atom stereocenters. The number of unbranched alkanes of at least 4 members (excludes halogenated alkanes) is 2. The fourth-order valence-corrected chi connectivity index (χ4v) is 2.48. The Kier molecular flexibility index (Phi) is 7.62. The van der Waals surface area contributed by atoms with Crippen LogP contribution in [-0.2, 0) is 4.74 Å². The normalized spacial score (nSPS) is 11.1. The zero-order valence-corrected chi connectivity index (χ0v) is 15.7. The summed E-state index contributed by atoms with van der Waals surface area (Å²) in [5.74, 6) is 0.109. The largest absolute Gasteiger partial charge is 0.494 e. The molecule has 0 aliphatic carbocycles. The van der Waals surface area contributed by atoms with E-state index >= 15 is 0 Å². The second-order valence-electron chi connectivity index (χ2n) is 6.11. The number of ether oxygens (including phenoxy) is 2. The van der Waals surface area contributed by atoms with Gasteiger partial charge in [-0.05, 0) is 48.4 Å². The number of esters is 1. The predicted molar refractivity (Wildman–Crippen MR) is 106 cm³/mol. The number of carbonyl (C=O) groups excluding carboxylic acids is 2. The molecule has 0 aliphatic rings. The van der Waals surface area contributed by atoms with Gasteiger partial charge in [0.25, 0.3) is 0 Å². The van der Waals surface area contributed by atoms with Gasteiger partial charge in [-0.3, -0.25) is 4.79 Å². The van der Waals surface area contributed by atoms with E-state index in [9.17, 15) is 9.59 Å². The van der Waals surface area contributed by atoms with Crippen LogP contribution in [0.3, 0.4) is 0 Å². The van der Waals surface area contributed by atoms with Gasteiger partial charge in [-0.15, -0.1) is 0 Å².